The molecule has 0 aliphatic carbocycles. The topological polar surface area (TPSA) is 40.8 Å². The van der Waals surface area contributed by atoms with Crippen molar-refractivity contribution in [1.82, 2.24) is 9.88 Å². The van der Waals surface area contributed by atoms with E-state index in [1.807, 2.05) is 24.6 Å². The van der Waals surface area contributed by atoms with Gasteiger partial charge in [-0.05, 0) is 39.3 Å². The molecule has 1 heterocycles. The highest BCUT2D eigenvalue weighted by Gasteiger charge is 2.12. The van der Waals surface area contributed by atoms with E-state index in [1.165, 1.54) is 5.56 Å². The first-order chi connectivity index (χ1) is 6.85. The summed E-state index contributed by atoms with van der Waals surface area (Å²) in [5.41, 5.74) is 3.18. The van der Waals surface area contributed by atoms with Gasteiger partial charge < -0.3 is 9.88 Å². The lowest BCUT2D eigenvalue weighted by Crippen LogP contribution is -2.35. The van der Waals surface area contributed by atoms with Gasteiger partial charge in [-0.15, -0.1) is 0 Å². The third-order valence-corrected chi connectivity index (χ3v) is 2.56. The van der Waals surface area contributed by atoms with Crippen LogP contribution in [0.2, 0.25) is 0 Å². The first-order valence-corrected chi connectivity index (χ1v) is 5.15. The number of nitrogens with one attached hydrogen (secondary N) is 1. The van der Waals surface area contributed by atoms with Crippen molar-refractivity contribution in [2.24, 2.45) is 7.05 Å². The summed E-state index contributed by atoms with van der Waals surface area (Å²) in [6.07, 6.45) is 0. The van der Waals surface area contributed by atoms with Crippen LogP contribution in [-0.4, -0.2) is 10.1 Å². The summed E-state index contributed by atoms with van der Waals surface area (Å²) < 4.78 is 1.93. The minimum absolute atomic E-state index is 0.106. The van der Waals surface area contributed by atoms with Crippen LogP contribution in [0.4, 0.5) is 0 Å². The van der Waals surface area contributed by atoms with Gasteiger partial charge in [-0.25, -0.2) is 0 Å². The van der Waals surface area contributed by atoms with Gasteiger partial charge in [0.2, 0.25) is 0 Å². The highest BCUT2D eigenvalue weighted by atomic mass is 15.0. The molecule has 1 aromatic rings. The largest absolute Gasteiger partial charge is 0.340 e. The summed E-state index contributed by atoms with van der Waals surface area (Å²) in [7, 11) is 1.93. The van der Waals surface area contributed by atoms with Gasteiger partial charge in [-0.2, -0.15) is 5.26 Å². The average molecular weight is 205 g/mol. The van der Waals surface area contributed by atoms with Crippen LogP contribution in [0.1, 0.15) is 37.7 Å². The molecule has 0 saturated carbocycles. The molecule has 1 aromatic heterocycles. The van der Waals surface area contributed by atoms with Crippen LogP contribution in [0.25, 0.3) is 0 Å². The lowest BCUT2D eigenvalue weighted by Gasteiger charge is -2.20. The first kappa shape index (κ1) is 11.8. The van der Waals surface area contributed by atoms with E-state index < -0.39 is 0 Å². The molecular formula is C12H19N3. The predicted octanol–water partition coefficient (Wildman–Crippen LogP) is 2.09. The zero-order valence-corrected chi connectivity index (χ0v) is 10.2. The summed E-state index contributed by atoms with van der Waals surface area (Å²) in [6.45, 7) is 9.26. The molecule has 0 spiro atoms. The second kappa shape index (κ2) is 4.08. The van der Waals surface area contributed by atoms with Gasteiger partial charge >= 0.3 is 0 Å². The van der Waals surface area contributed by atoms with Crippen molar-refractivity contribution in [1.29, 1.82) is 5.26 Å². The fourth-order valence-electron chi connectivity index (χ4n) is 1.41. The van der Waals surface area contributed by atoms with Gasteiger partial charge in [0.15, 0.2) is 0 Å². The van der Waals surface area contributed by atoms with Crippen molar-refractivity contribution in [3.63, 3.8) is 0 Å². The molecule has 15 heavy (non-hydrogen) atoms. The number of rotatable bonds is 2. The van der Waals surface area contributed by atoms with Crippen LogP contribution < -0.4 is 5.32 Å². The molecule has 0 bridgehead atoms. The number of nitrogens with zero attached hydrogens (tertiary/aromatic N) is 2. The van der Waals surface area contributed by atoms with E-state index in [1.54, 1.807) is 0 Å². The van der Waals surface area contributed by atoms with E-state index in [4.69, 9.17) is 5.26 Å². The fraction of sp³-hybridized carbons (Fsp3) is 0.583. The monoisotopic (exact) mass is 205 g/mol. The Hall–Kier alpha value is -1.27. The average Bonchev–Trinajstić information content (AvgIpc) is 2.40. The van der Waals surface area contributed by atoms with Gasteiger partial charge in [-0.1, -0.05) is 0 Å². The Morgan fingerprint density at radius 3 is 2.47 bits per heavy atom. The van der Waals surface area contributed by atoms with Crippen LogP contribution >= 0.6 is 0 Å². The standard InChI is InChI=1S/C12H19N3/c1-9-10(8-14-12(2,3)4)6-11(7-13)15(9)5/h6,14H,8H2,1-5H3. The highest BCUT2D eigenvalue weighted by molar-refractivity contribution is 5.34. The lowest BCUT2D eigenvalue weighted by atomic mass is 10.1. The number of hydrogen-bond acceptors (Lipinski definition) is 2. The van der Waals surface area contributed by atoms with E-state index in [2.05, 4.69) is 32.2 Å². The Morgan fingerprint density at radius 2 is 2.07 bits per heavy atom. The van der Waals surface area contributed by atoms with Crippen molar-refractivity contribution in [3.05, 3.63) is 23.0 Å². The third kappa shape index (κ3) is 2.84. The van der Waals surface area contributed by atoms with E-state index in [0.29, 0.717) is 0 Å². The SMILES string of the molecule is Cc1c(CNC(C)(C)C)cc(C#N)n1C. The number of aromatic nitrogens is 1. The van der Waals surface area contributed by atoms with Crippen LogP contribution in [0.3, 0.4) is 0 Å². The van der Waals surface area contributed by atoms with Gasteiger partial charge in [0.05, 0.1) is 0 Å². The summed E-state index contributed by atoms with van der Waals surface area (Å²) >= 11 is 0. The molecule has 0 aliphatic heterocycles. The Balaban J connectivity index is 2.84. The van der Waals surface area contributed by atoms with Crippen LogP contribution in [0.15, 0.2) is 6.07 Å². The Bertz CT molecular complexity index is 388. The summed E-state index contributed by atoms with van der Waals surface area (Å²) in [5.74, 6) is 0. The van der Waals surface area contributed by atoms with Crippen molar-refractivity contribution in [2.45, 2.75) is 39.8 Å². The normalized spacial score (nSPS) is 11.5. The molecule has 3 heteroatoms. The number of hydrogen-bond donors (Lipinski definition) is 1. The maximum atomic E-state index is 8.89. The lowest BCUT2D eigenvalue weighted by molar-refractivity contribution is 0.423. The maximum Gasteiger partial charge on any atom is 0.120 e. The molecule has 0 unspecified atom stereocenters. The minimum atomic E-state index is 0.106. The van der Waals surface area contributed by atoms with Crippen LogP contribution in [0, 0.1) is 18.3 Å². The molecule has 0 aromatic carbocycles. The quantitative estimate of drug-likeness (QED) is 0.803. The van der Waals surface area contributed by atoms with Crippen LogP contribution in [0.5, 0.6) is 0 Å². The maximum absolute atomic E-state index is 8.89. The second-order valence-electron chi connectivity index (χ2n) is 4.91. The molecule has 0 fully saturated rings. The summed E-state index contributed by atoms with van der Waals surface area (Å²) in [6, 6.07) is 4.14. The molecule has 1 rings (SSSR count). The van der Waals surface area contributed by atoms with Gasteiger partial charge in [0, 0.05) is 24.8 Å². The smallest absolute Gasteiger partial charge is 0.120 e. The van der Waals surface area contributed by atoms with E-state index in [-0.39, 0.29) is 5.54 Å². The van der Waals surface area contributed by atoms with Crippen molar-refractivity contribution in [2.75, 3.05) is 0 Å². The van der Waals surface area contributed by atoms with Gasteiger partial charge in [-0.3, -0.25) is 0 Å². The number of nitriles is 1. The van der Waals surface area contributed by atoms with E-state index in [0.717, 1.165) is 17.9 Å². The molecule has 82 valence electrons. The molecule has 0 aliphatic rings. The third-order valence-electron chi connectivity index (χ3n) is 2.56. The molecule has 0 radical (unpaired) electrons. The predicted molar refractivity (Wildman–Crippen MR) is 61.5 cm³/mol. The van der Waals surface area contributed by atoms with E-state index >= 15 is 0 Å². The zero-order chi connectivity index (χ0) is 11.6. The van der Waals surface area contributed by atoms with Crippen molar-refractivity contribution < 1.29 is 0 Å². The Morgan fingerprint density at radius 1 is 1.47 bits per heavy atom. The molecule has 0 amide bonds. The summed E-state index contributed by atoms with van der Waals surface area (Å²) in [5, 5.41) is 12.3. The van der Waals surface area contributed by atoms with Crippen LogP contribution in [-0.2, 0) is 13.6 Å². The minimum Gasteiger partial charge on any atom is -0.340 e. The second-order valence-corrected chi connectivity index (χ2v) is 4.91. The molecule has 0 saturated heterocycles. The molecule has 0 atom stereocenters. The van der Waals surface area contributed by atoms with Crippen molar-refractivity contribution in [3.8, 4) is 6.07 Å². The first-order valence-electron chi connectivity index (χ1n) is 5.15. The van der Waals surface area contributed by atoms with E-state index in [9.17, 15) is 0 Å². The Labute approximate surface area is 91.7 Å². The fourth-order valence-corrected chi connectivity index (χ4v) is 1.41. The van der Waals surface area contributed by atoms with Gasteiger partial charge in [0.25, 0.3) is 0 Å². The highest BCUT2D eigenvalue weighted by Crippen LogP contribution is 2.14. The zero-order valence-electron chi connectivity index (χ0n) is 10.2. The summed E-state index contributed by atoms with van der Waals surface area (Å²) in [4.78, 5) is 0. The van der Waals surface area contributed by atoms with Crippen molar-refractivity contribution >= 4 is 0 Å². The molecule has 3 nitrogen and oxygen atoms in total. The Kier molecular flexibility index (Phi) is 3.21. The van der Waals surface area contributed by atoms with Gasteiger partial charge in [0.1, 0.15) is 11.8 Å². The molecule has 1 N–H and O–H groups in total. The molecular weight excluding hydrogens is 186 g/mol.